The number of benzene rings is 2. The topological polar surface area (TPSA) is 67.5 Å². The third-order valence-electron chi connectivity index (χ3n) is 5.29. The number of nitrogens with one attached hydrogen (secondary N) is 1. The molecule has 1 aliphatic heterocycles. The first-order valence-electron chi connectivity index (χ1n) is 9.69. The quantitative estimate of drug-likeness (QED) is 0.723. The molecule has 0 saturated heterocycles. The van der Waals surface area contributed by atoms with Crippen LogP contribution in [0.25, 0.3) is 11.4 Å². The highest BCUT2D eigenvalue weighted by atomic mass is 16.5. The van der Waals surface area contributed by atoms with E-state index in [1.807, 2.05) is 49.4 Å². The minimum atomic E-state index is -0.0340. The first-order chi connectivity index (χ1) is 14.1. The number of rotatable bonds is 5. The Labute approximate surface area is 170 Å². The fourth-order valence-electron chi connectivity index (χ4n) is 3.69. The van der Waals surface area contributed by atoms with Crippen molar-refractivity contribution in [3.05, 3.63) is 75.2 Å². The van der Waals surface area contributed by atoms with E-state index in [0.717, 1.165) is 47.0 Å². The van der Waals surface area contributed by atoms with Gasteiger partial charge in [0.05, 0.1) is 19.9 Å². The molecule has 0 unspecified atom stereocenters. The average molecular weight is 391 g/mol. The standard InChI is InChI=1S/C23H25N3O3/c1-15-4-6-17(7-5-15)22-24-21-14-26(9-8-20(21)23(27)25-22)13-16-10-18(28-2)12-19(11-16)29-3/h4-7,10-12H,8-9,13-14H2,1-3H3,(H,24,25,27). The van der Waals surface area contributed by atoms with Gasteiger partial charge in [-0.15, -0.1) is 0 Å². The number of aromatic nitrogens is 2. The van der Waals surface area contributed by atoms with Gasteiger partial charge in [-0.05, 0) is 31.0 Å². The summed E-state index contributed by atoms with van der Waals surface area (Å²) in [6.45, 7) is 4.22. The lowest BCUT2D eigenvalue weighted by atomic mass is 10.0. The number of aryl methyl sites for hydroxylation is 1. The highest BCUT2D eigenvalue weighted by Gasteiger charge is 2.22. The van der Waals surface area contributed by atoms with E-state index in [-0.39, 0.29) is 5.56 Å². The molecule has 3 aromatic rings. The van der Waals surface area contributed by atoms with Crippen molar-refractivity contribution in [1.82, 2.24) is 14.9 Å². The van der Waals surface area contributed by atoms with Crippen LogP contribution in [0.2, 0.25) is 0 Å². The number of methoxy groups -OCH3 is 2. The van der Waals surface area contributed by atoms with Crippen LogP contribution in [0.5, 0.6) is 11.5 Å². The Morgan fingerprint density at radius 1 is 1.07 bits per heavy atom. The molecule has 0 atom stereocenters. The number of H-pyrrole nitrogens is 1. The lowest BCUT2D eigenvalue weighted by Gasteiger charge is -2.28. The fourth-order valence-corrected chi connectivity index (χ4v) is 3.69. The van der Waals surface area contributed by atoms with Crippen molar-refractivity contribution in [2.75, 3.05) is 20.8 Å². The van der Waals surface area contributed by atoms with Gasteiger partial charge in [-0.25, -0.2) is 4.98 Å². The molecule has 6 nitrogen and oxygen atoms in total. The van der Waals surface area contributed by atoms with Crippen molar-refractivity contribution >= 4 is 0 Å². The van der Waals surface area contributed by atoms with Gasteiger partial charge in [-0.3, -0.25) is 9.69 Å². The van der Waals surface area contributed by atoms with E-state index in [4.69, 9.17) is 14.5 Å². The molecule has 0 saturated carbocycles. The second-order valence-electron chi connectivity index (χ2n) is 7.39. The van der Waals surface area contributed by atoms with Crippen LogP contribution in [-0.2, 0) is 19.5 Å². The van der Waals surface area contributed by atoms with Gasteiger partial charge in [0.2, 0.25) is 0 Å². The molecular formula is C23H25N3O3. The third kappa shape index (κ3) is 4.17. The van der Waals surface area contributed by atoms with Crippen LogP contribution in [0.4, 0.5) is 0 Å². The van der Waals surface area contributed by atoms with Crippen LogP contribution in [0.3, 0.4) is 0 Å². The van der Waals surface area contributed by atoms with Crippen molar-refractivity contribution in [3.8, 4) is 22.9 Å². The van der Waals surface area contributed by atoms with Crippen molar-refractivity contribution in [1.29, 1.82) is 0 Å². The molecule has 150 valence electrons. The summed E-state index contributed by atoms with van der Waals surface area (Å²) in [4.78, 5) is 22.6. The minimum absolute atomic E-state index is 0.0340. The zero-order chi connectivity index (χ0) is 20.4. The molecule has 0 bridgehead atoms. The van der Waals surface area contributed by atoms with E-state index < -0.39 is 0 Å². The maximum atomic E-state index is 12.6. The van der Waals surface area contributed by atoms with Crippen molar-refractivity contribution in [2.24, 2.45) is 0 Å². The minimum Gasteiger partial charge on any atom is -0.497 e. The zero-order valence-electron chi connectivity index (χ0n) is 17.0. The van der Waals surface area contributed by atoms with Gasteiger partial charge in [-0.2, -0.15) is 0 Å². The van der Waals surface area contributed by atoms with Crippen LogP contribution in [0.15, 0.2) is 47.3 Å². The smallest absolute Gasteiger partial charge is 0.254 e. The Balaban J connectivity index is 1.59. The highest BCUT2D eigenvalue weighted by Crippen LogP contribution is 2.25. The number of hydrogen-bond acceptors (Lipinski definition) is 5. The van der Waals surface area contributed by atoms with Crippen LogP contribution >= 0.6 is 0 Å². The molecule has 1 N–H and O–H groups in total. The summed E-state index contributed by atoms with van der Waals surface area (Å²) in [5, 5.41) is 0. The molecule has 2 aromatic carbocycles. The van der Waals surface area contributed by atoms with Crippen molar-refractivity contribution in [2.45, 2.75) is 26.4 Å². The first kappa shape index (κ1) is 19.2. The molecule has 0 aliphatic carbocycles. The van der Waals surface area contributed by atoms with E-state index in [9.17, 15) is 4.79 Å². The number of fused-ring (bicyclic) bond motifs is 1. The van der Waals surface area contributed by atoms with Crippen LogP contribution in [0.1, 0.15) is 22.4 Å². The fraction of sp³-hybridized carbons (Fsp3) is 0.304. The third-order valence-corrected chi connectivity index (χ3v) is 5.29. The molecule has 1 aromatic heterocycles. The Bertz CT molecular complexity index is 1050. The molecule has 0 amide bonds. The van der Waals surface area contributed by atoms with Crippen LogP contribution in [-0.4, -0.2) is 35.6 Å². The van der Waals surface area contributed by atoms with Gasteiger partial charge < -0.3 is 14.5 Å². The SMILES string of the molecule is COc1cc(CN2CCc3c(nc(-c4ccc(C)cc4)[nH]c3=O)C2)cc(OC)c1. The van der Waals surface area contributed by atoms with Crippen LogP contribution in [0, 0.1) is 6.92 Å². The summed E-state index contributed by atoms with van der Waals surface area (Å²) in [6.07, 6.45) is 0.687. The predicted octanol–water partition coefficient (Wildman–Crippen LogP) is 3.32. The lowest BCUT2D eigenvalue weighted by molar-refractivity contribution is 0.240. The summed E-state index contributed by atoms with van der Waals surface area (Å²) in [5.74, 6) is 2.17. The van der Waals surface area contributed by atoms with E-state index >= 15 is 0 Å². The summed E-state index contributed by atoms with van der Waals surface area (Å²) in [7, 11) is 3.30. The second-order valence-corrected chi connectivity index (χ2v) is 7.39. The van der Waals surface area contributed by atoms with E-state index in [1.165, 1.54) is 5.56 Å². The Morgan fingerprint density at radius 2 is 1.76 bits per heavy atom. The van der Waals surface area contributed by atoms with Crippen molar-refractivity contribution in [3.63, 3.8) is 0 Å². The molecule has 0 fully saturated rings. The highest BCUT2D eigenvalue weighted by molar-refractivity contribution is 5.55. The molecule has 4 rings (SSSR count). The van der Waals surface area contributed by atoms with E-state index in [0.29, 0.717) is 18.8 Å². The first-order valence-corrected chi connectivity index (χ1v) is 9.69. The van der Waals surface area contributed by atoms with E-state index in [1.54, 1.807) is 14.2 Å². The summed E-state index contributed by atoms with van der Waals surface area (Å²) in [6, 6.07) is 13.9. The molecule has 0 radical (unpaired) electrons. The van der Waals surface area contributed by atoms with E-state index in [2.05, 4.69) is 9.88 Å². The van der Waals surface area contributed by atoms with Gasteiger partial charge in [0.1, 0.15) is 17.3 Å². The molecule has 2 heterocycles. The Hall–Kier alpha value is -3.12. The Kier molecular flexibility index (Phi) is 5.36. The maximum absolute atomic E-state index is 12.6. The lowest BCUT2D eigenvalue weighted by Crippen LogP contribution is -2.35. The van der Waals surface area contributed by atoms with Crippen LogP contribution < -0.4 is 15.0 Å². The predicted molar refractivity (Wildman–Crippen MR) is 112 cm³/mol. The molecule has 1 aliphatic rings. The van der Waals surface area contributed by atoms with Gasteiger partial charge in [-0.1, -0.05) is 29.8 Å². The number of ether oxygens (including phenoxy) is 2. The largest absolute Gasteiger partial charge is 0.497 e. The Morgan fingerprint density at radius 3 is 2.41 bits per heavy atom. The molecule has 29 heavy (non-hydrogen) atoms. The van der Waals surface area contributed by atoms with Gasteiger partial charge >= 0.3 is 0 Å². The van der Waals surface area contributed by atoms with Gasteiger partial charge in [0, 0.05) is 36.8 Å². The normalized spacial score (nSPS) is 13.8. The monoisotopic (exact) mass is 391 g/mol. The molecule has 0 spiro atoms. The average Bonchev–Trinajstić information content (AvgIpc) is 2.73. The maximum Gasteiger partial charge on any atom is 0.254 e. The molecule has 6 heteroatoms. The summed E-state index contributed by atoms with van der Waals surface area (Å²) in [5.41, 5.74) is 4.81. The number of aromatic amines is 1. The van der Waals surface area contributed by atoms with Gasteiger partial charge in [0.25, 0.3) is 5.56 Å². The van der Waals surface area contributed by atoms with Crippen molar-refractivity contribution < 1.29 is 9.47 Å². The number of nitrogens with zero attached hydrogens (tertiary/aromatic N) is 2. The zero-order valence-corrected chi connectivity index (χ0v) is 17.0. The molecular weight excluding hydrogens is 366 g/mol. The summed E-state index contributed by atoms with van der Waals surface area (Å²) < 4.78 is 10.8. The van der Waals surface area contributed by atoms with Gasteiger partial charge in [0.15, 0.2) is 0 Å². The second kappa shape index (κ2) is 8.09. The summed E-state index contributed by atoms with van der Waals surface area (Å²) >= 11 is 0. The number of hydrogen-bond donors (Lipinski definition) is 1.